The number of ether oxygens (including phenoxy) is 1. The molecule has 0 radical (unpaired) electrons. The quantitative estimate of drug-likeness (QED) is 0.502. The van der Waals surface area contributed by atoms with E-state index in [0.29, 0.717) is 23.1 Å². The molecule has 4 aromatic rings. The molecule has 8 heteroatoms. The third kappa shape index (κ3) is 4.09. The Bertz CT molecular complexity index is 1280. The molecule has 0 fully saturated rings. The second kappa shape index (κ2) is 8.27. The predicted molar refractivity (Wildman–Crippen MR) is 117 cm³/mol. The summed E-state index contributed by atoms with van der Waals surface area (Å²) in [4.78, 5) is 29.1. The number of amides is 2. The van der Waals surface area contributed by atoms with Gasteiger partial charge in [-0.1, -0.05) is 30.3 Å². The van der Waals surface area contributed by atoms with Crippen LogP contribution in [0, 0.1) is 6.92 Å². The fourth-order valence-electron chi connectivity index (χ4n) is 3.31. The molecule has 156 valence electrons. The minimum absolute atomic E-state index is 0.106. The van der Waals surface area contributed by atoms with Gasteiger partial charge in [-0.15, -0.1) is 0 Å². The monoisotopic (exact) mass is 415 g/mol. The topological polar surface area (TPSA) is 112 Å². The molecule has 2 heterocycles. The number of primary amides is 1. The van der Waals surface area contributed by atoms with Crippen molar-refractivity contribution in [3.63, 3.8) is 0 Å². The van der Waals surface area contributed by atoms with E-state index in [-0.39, 0.29) is 11.3 Å². The average molecular weight is 415 g/mol. The highest BCUT2D eigenvalue weighted by molar-refractivity contribution is 6.10. The first kappa shape index (κ1) is 20.1. The van der Waals surface area contributed by atoms with Gasteiger partial charge in [-0.25, -0.2) is 4.98 Å². The average Bonchev–Trinajstić information content (AvgIpc) is 3.12. The SMILES string of the molecule is COc1ccc(Cn2ncc(NC(=O)c3cc(C(N)=O)c4ccccc4n3)c2C)cc1. The van der Waals surface area contributed by atoms with E-state index in [9.17, 15) is 9.59 Å². The Morgan fingerprint density at radius 2 is 1.87 bits per heavy atom. The van der Waals surface area contributed by atoms with E-state index in [0.717, 1.165) is 17.0 Å². The molecule has 0 saturated heterocycles. The minimum atomic E-state index is -0.615. The van der Waals surface area contributed by atoms with Crippen molar-refractivity contribution in [3.8, 4) is 5.75 Å². The summed E-state index contributed by atoms with van der Waals surface area (Å²) in [7, 11) is 1.62. The largest absolute Gasteiger partial charge is 0.497 e. The van der Waals surface area contributed by atoms with E-state index in [4.69, 9.17) is 10.5 Å². The number of nitrogens with one attached hydrogen (secondary N) is 1. The Hall–Kier alpha value is -4.20. The molecule has 0 spiro atoms. The van der Waals surface area contributed by atoms with Crippen molar-refractivity contribution in [3.05, 3.63) is 83.3 Å². The van der Waals surface area contributed by atoms with Crippen LogP contribution in [0.5, 0.6) is 5.75 Å². The minimum Gasteiger partial charge on any atom is -0.497 e. The van der Waals surface area contributed by atoms with Crippen molar-refractivity contribution in [2.24, 2.45) is 5.73 Å². The summed E-state index contributed by atoms with van der Waals surface area (Å²) in [6, 6.07) is 16.2. The maximum absolute atomic E-state index is 12.8. The summed E-state index contributed by atoms with van der Waals surface area (Å²) in [6.07, 6.45) is 1.59. The fourth-order valence-corrected chi connectivity index (χ4v) is 3.31. The number of rotatable bonds is 6. The standard InChI is InChI=1S/C23H21N5O3/c1-14-21(12-25-28(14)13-15-7-9-16(31-2)10-8-15)27-23(30)20-11-18(22(24)29)17-5-3-4-6-19(17)26-20/h3-12H,13H2,1-2H3,(H2,24,29)(H,27,30). The number of anilines is 1. The van der Waals surface area contributed by atoms with Gasteiger partial charge in [-0.2, -0.15) is 5.10 Å². The van der Waals surface area contributed by atoms with Crippen molar-refractivity contribution in [1.29, 1.82) is 0 Å². The van der Waals surface area contributed by atoms with Crippen molar-refractivity contribution in [2.75, 3.05) is 12.4 Å². The van der Waals surface area contributed by atoms with E-state index in [1.54, 1.807) is 42.3 Å². The molecule has 0 aliphatic heterocycles. The summed E-state index contributed by atoms with van der Waals surface area (Å²) in [5.74, 6) is -0.274. The number of methoxy groups -OCH3 is 1. The maximum atomic E-state index is 12.8. The molecule has 0 saturated carbocycles. The second-order valence-corrected chi connectivity index (χ2v) is 7.04. The first-order valence-corrected chi connectivity index (χ1v) is 9.62. The van der Waals surface area contributed by atoms with Crippen molar-refractivity contribution in [2.45, 2.75) is 13.5 Å². The number of aromatic nitrogens is 3. The van der Waals surface area contributed by atoms with Crippen LogP contribution in [0.15, 0.2) is 60.8 Å². The summed E-state index contributed by atoms with van der Waals surface area (Å²) in [5.41, 5.74) is 8.79. The molecule has 0 aliphatic rings. The van der Waals surface area contributed by atoms with Crippen LogP contribution in [0.25, 0.3) is 10.9 Å². The molecule has 2 aromatic heterocycles. The van der Waals surface area contributed by atoms with E-state index in [2.05, 4.69) is 15.4 Å². The van der Waals surface area contributed by atoms with Crippen LogP contribution in [-0.2, 0) is 6.54 Å². The van der Waals surface area contributed by atoms with Crippen molar-refractivity contribution < 1.29 is 14.3 Å². The molecule has 0 aliphatic carbocycles. The van der Waals surface area contributed by atoms with Gasteiger partial charge in [0.15, 0.2) is 0 Å². The Morgan fingerprint density at radius 3 is 2.58 bits per heavy atom. The van der Waals surface area contributed by atoms with E-state index >= 15 is 0 Å². The molecule has 2 amide bonds. The highest BCUT2D eigenvalue weighted by atomic mass is 16.5. The smallest absolute Gasteiger partial charge is 0.274 e. The van der Waals surface area contributed by atoms with E-state index < -0.39 is 11.8 Å². The zero-order valence-electron chi connectivity index (χ0n) is 17.1. The van der Waals surface area contributed by atoms with Crippen LogP contribution in [0.4, 0.5) is 5.69 Å². The van der Waals surface area contributed by atoms with Crippen LogP contribution >= 0.6 is 0 Å². The molecule has 4 rings (SSSR count). The summed E-state index contributed by atoms with van der Waals surface area (Å²) in [6.45, 7) is 2.42. The number of nitrogens with zero attached hydrogens (tertiary/aromatic N) is 3. The third-order valence-electron chi connectivity index (χ3n) is 5.06. The van der Waals surface area contributed by atoms with Crippen LogP contribution in [0.3, 0.4) is 0 Å². The number of nitrogens with two attached hydrogens (primary N) is 1. The van der Waals surface area contributed by atoms with Crippen molar-refractivity contribution >= 4 is 28.4 Å². The Labute approximate surface area is 178 Å². The maximum Gasteiger partial charge on any atom is 0.274 e. The lowest BCUT2D eigenvalue weighted by atomic mass is 10.1. The Balaban J connectivity index is 1.57. The highest BCUT2D eigenvalue weighted by Crippen LogP contribution is 2.21. The summed E-state index contributed by atoms with van der Waals surface area (Å²) >= 11 is 0. The van der Waals surface area contributed by atoms with E-state index in [1.807, 2.05) is 31.2 Å². The predicted octanol–water partition coefficient (Wildman–Crippen LogP) is 3.15. The lowest BCUT2D eigenvalue weighted by Crippen LogP contribution is -2.18. The van der Waals surface area contributed by atoms with Gasteiger partial charge in [-0.3, -0.25) is 14.3 Å². The molecule has 8 nitrogen and oxygen atoms in total. The molecule has 0 bridgehead atoms. The second-order valence-electron chi connectivity index (χ2n) is 7.04. The number of fused-ring (bicyclic) bond motifs is 1. The zero-order valence-corrected chi connectivity index (χ0v) is 17.1. The van der Waals surface area contributed by atoms with Gasteiger partial charge in [0.1, 0.15) is 11.4 Å². The van der Waals surface area contributed by atoms with Gasteiger partial charge in [0, 0.05) is 5.39 Å². The summed E-state index contributed by atoms with van der Waals surface area (Å²) in [5, 5.41) is 7.80. The van der Waals surface area contributed by atoms with Crippen LogP contribution in [-0.4, -0.2) is 33.7 Å². The first-order chi connectivity index (χ1) is 15.0. The van der Waals surface area contributed by atoms with Gasteiger partial charge < -0.3 is 15.8 Å². The molecule has 31 heavy (non-hydrogen) atoms. The van der Waals surface area contributed by atoms with Crippen LogP contribution in [0.1, 0.15) is 32.1 Å². The molecular weight excluding hydrogens is 394 g/mol. The highest BCUT2D eigenvalue weighted by Gasteiger charge is 2.17. The summed E-state index contributed by atoms with van der Waals surface area (Å²) < 4.78 is 6.97. The van der Waals surface area contributed by atoms with Gasteiger partial charge in [-0.05, 0) is 36.8 Å². The Morgan fingerprint density at radius 1 is 1.13 bits per heavy atom. The molecule has 2 aromatic carbocycles. The molecular formula is C23H21N5O3. The lowest BCUT2D eigenvalue weighted by molar-refractivity contribution is 0.100. The molecule has 0 unspecified atom stereocenters. The van der Waals surface area contributed by atoms with Crippen molar-refractivity contribution in [1.82, 2.24) is 14.8 Å². The van der Waals surface area contributed by atoms with Gasteiger partial charge in [0.05, 0.1) is 42.3 Å². The number of carbonyl (C=O) groups is 2. The normalized spacial score (nSPS) is 10.8. The van der Waals surface area contributed by atoms with Crippen LogP contribution < -0.4 is 15.8 Å². The van der Waals surface area contributed by atoms with Crippen LogP contribution in [0.2, 0.25) is 0 Å². The Kier molecular flexibility index (Phi) is 5.36. The van der Waals surface area contributed by atoms with Gasteiger partial charge in [0.25, 0.3) is 5.91 Å². The first-order valence-electron chi connectivity index (χ1n) is 9.62. The van der Waals surface area contributed by atoms with E-state index in [1.165, 1.54) is 6.07 Å². The van der Waals surface area contributed by atoms with Gasteiger partial charge >= 0.3 is 0 Å². The third-order valence-corrected chi connectivity index (χ3v) is 5.06. The number of benzene rings is 2. The lowest BCUT2D eigenvalue weighted by Gasteiger charge is -2.09. The molecule has 3 N–H and O–H groups in total. The number of hydrogen-bond donors (Lipinski definition) is 2. The number of para-hydroxylation sites is 1. The zero-order chi connectivity index (χ0) is 22.0. The fraction of sp³-hybridized carbons (Fsp3) is 0.130. The van der Waals surface area contributed by atoms with Gasteiger partial charge in [0.2, 0.25) is 5.91 Å². The number of pyridine rings is 1. The molecule has 0 atom stereocenters. The number of carbonyl (C=O) groups excluding carboxylic acids is 2. The number of hydrogen-bond acceptors (Lipinski definition) is 5.